The third-order valence-corrected chi connectivity index (χ3v) is 0.953. The minimum Gasteiger partial charge on any atom is -0.265 e. The van der Waals surface area contributed by atoms with Crippen LogP contribution in [0.2, 0.25) is 0 Å². The molecule has 0 aliphatic carbocycles. The predicted octanol–water partition coefficient (Wildman–Crippen LogP) is 0.864. The molecule has 1 N–H and O–H groups in total. The molecule has 8 heavy (non-hydrogen) atoms. The van der Waals surface area contributed by atoms with Crippen LogP contribution in [0.4, 0.5) is 0 Å². The Morgan fingerprint density at radius 3 is 2.38 bits per heavy atom. The lowest BCUT2D eigenvalue weighted by Gasteiger charge is -1.88. The van der Waals surface area contributed by atoms with E-state index >= 15 is 0 Å². The molecule has 1 aromatic rings. The lowest BCUT2D eigenvalue weighted by Crippen LogP contribution is -1.82. The van der Waals surface area contributed by atoms with E-state index in [1.54, 1.807) is 12.4 Å². The Balaban J connectivity index is 2.83. The zero-order valence-electron chi connectivity index (χ0n) is 4.46. The van der Waals surface area contributed by atoms with Gasteiger partial charge in [0.1, 0.15) is 0 Å². The summed E-state index contributed by atoms with van der Waals surface area (Å²) in [5.41, 5.74) is 7.93. The Bertz CT molecular complexity index is 148. The molecule has 0 spiro atoms. The fraction of sp³-hybridized carbons (Fsp3) is 0.167. The number of pyridine rings is 1. The zero-order chi connectivity index (χ0) is 5.82. The number of nitrogens with zero attached hydrogens (tertiary/aromatic N) is 1. The van der Waals surface area contributed by atoms with Crippen molar-refractivity contribution in [1.29, 1.82) is 0 Å². The smallest absolute Gasteiger partial charge is 0.0352 e. The molecule has 0 saturated heterocycles. The van der Waals surface area contributed by atoms with Gasteiger partial charge in [0.15, 0.2) is 0 Å². The van der Waals surface area contributed by atoms with Gasteiger partial charge in [0, 0.05) is 18.9 Å². The van der Waals surface area contributed by atoms with E-state index in [1.807, 2.05) is 12.1 Å². The standard InChI is InChI=1S/C6H7N2/c7-5-6-1-3-8-4-2-6/h1-4,7H,5H2. The van der Waals surface area contributed by atoms with E-state index in [0.29, 0.717) is 6.54 Å². The number of rotatable bonds is 1. The Morgan fingerprint density at radius 2 is 2.00 bits per heavy atom. The van der Waals surface area contributed by atoms with Gasteiger partial charge in [-0.1, -0.05) is 0 Å². The van der Waals surface area contributed by atoms with Crippen molar-refractivity contribution in [1.82, 2.24) is 10.7 Å². The van der Waals surface area contributed by atoms with Crippen molar-refractivity contribution < 1.29 is 0 Å². The molecular weight excluding hydrogens is 100 g/mol. The van der Waals surface area contributed by atoms with Crippen molar-refractivity contribution >= 4 is 0 Å². The molecule has 2 heteroatoms. The van der Waals surface area contributed by atoms with Crippen LogP contribution in [0.1, 0.15) is 5.56 Å². The number of hydrogen-bond donors (Lipinski definition) is 0. The summed E-state index contributed by atoms with van der Waals surface area (Å²) in [4.78, 5) is 3.81. The van der Waals surface area contributed by atoms with Gasteiger partial charge in [-0.15, -0.1) is 0 Å². The molecular formula is C6H7N2. The molecule has 1 rings (SSSR count). The highest BCUT2D eigenvalue weighted by Gasteiger charge is 1.81. The largest absolute Gasteiger partial charge is 0.265 e. The maximum absolute atomic E-state index is 6.92. The summed E-state index contributed by atoms with van der Waals surface area (Å²) in [6, 6.07) is 3.68. The van der Waals surface area contributed by atoms with Crippen LogP contribution < -0.4 is 5.73 Å². The molecule has 0 unspecified atom stereocenters. The van der Waals surface area contributed by atoms with Gasteiger partial charge < -0.3 is 0 Å². The molecule has 2 nitrogen and oxygen atoms in total. The molecule has 0 saturated carbocycles. The van der Waals surface area contributed by atoms with Crippen molar-refractivity contribution in [3.63, 3.8) is 0 Å². The van der Waals surface area contributed by atoms with Crippen LogP contribution in [0.15, 0.2) is 24.5 Å². The van der Waals surface area contributed by atoms with E-state index in [9.17, 15) is 0 Å². The van der Waals surface area contributed by atoms with Crippen molar-refractivity contribution in [2.45, 2.75) is 6.54 Å². The number of nitrogens with one attached hydrogen (secondary N) is 1. The monoisotopic (exact) mass is 107 g/mol. The summed E-state index contributed by atoms with van der Waals surface area (Å²) in [7, 11) is 0. The first-order valence-electron chi connectivity index (χ1n) is 2.47. The topological polar surface area (TPSA) is 36.7 Å². The van der Waals surface area contributed by atoms with Crippen LogP contribution in [0, 0.1) is 0 Å². The summed E-state index contributed by atoms with van der Waals surface area (Å²) >= 11 is 0. The van der Waals surface area contributed by atoms with E-state index in [4.69, 9.17) is 5.73 Å². The minimum atomic E-state index is 0.350. The highest BCUT2D eigenvalue weighted by atomic mass is 14.6. The zero-order valence-corrected chi connectivity index (χ0v) is 4.46. The first-order chi connectivity index (χ1) is 3.93. The Morgan fingerprint density at radius 1 is 1.38 bits per heavy atom. The highest BCUT2D eigenvalue weighted by molar-refractivity contribution is 5.08. The number of hydrogen-bond acceptors (Lipinski definition) is 1. The minimum absolute atomic E-state index is 0.350. The third-order valence-electron chi connectivity index (χ3n) is 0.953. The van der Waals surface area contributed by atoms with Gasteiger partial charge in [-0.05, 0) is 17.7 Å². The maximum atomic E-state index is 6.92. The average molecular weight is 107 g/mol. The van der Waals surface area contributed by atoms with E-state index < -0.39 is 0 Å². The second-order valence-electron chi connectivity index (χ2n) is 1.53. The first-order valence-corrected chi connectivity index (χ1v) is 2.47. The van der Waals surface area contributed by atoms with E-state index in [0.717, 1.165) is 5.56 Å². The Labute approximate surface area is 48.4 Å². The molecule has 0 atom stereocenters. The van der Waals surface area contributed by atoms with Gasteiger partial charge in [0.05, 0.1) is 0 Å². The molecule has 41 valence electrons. The van der Waals surface area contributed by atoms with Crippen LogP contribution in [-0.2, 0) is 6.54 Å². The summed E-state index contributed by atoms with van der Waals surface area (Å²) in [5.74, 6) is 0. The molecule has 1 radical (unpaired) electrons. The Hall–Kier alpha value is -0.890. The van der Waals surface area contributed by atoms with Crippen molar-refractivity contribution in [2.75, 3.05) is 0 Å². The van der Waals surface area contributed by atoms with E-state index in [-0.39, 0.29) is 0 Å². The van der Waals surface area contributed by atoms with Crippen molar-refractivity contribution in [2.24, 2.45) is 0 Å². The van der Waals surface area contributed by atoms with Gasteiger partial charge in [-0.25, -0.2) is 0 Å². The molecule has 0 aromatic carbocycles. The molecule has 0 bridgehead atoms. The highest BCUT2D eigenvalue weighted by Crippen LogP contribution is 1.92. The van der Waals surface area contributed by atoms with Crippen LogP contribution in [0.3, 0.4) is 0 Å². The van der Waals surface area contributed by atoms with Crippen LogP contribution in [-0.4, -0.2) is 4.98 Å². The molecule has 1 heterocycles. The molecule has 0 aliphatic rings. The van der Waals surface area contributed by atoms with Gasteiger partial charge >= 0.3 is 0 Å². The SMILES string of the molecule is [NH]Cc1ccncc1. The second kappa shape index (κ2) is 2.43. The van der Waals surface area contributed by atoms with Gasteiger partial charge in [-0.3, -0.25) is 10.7 Å². The molecule has 0 aliphatic heterocycles. The quantitative estimate of drug-likeness (QED) is 0.524. The van der Waals surface area contributed by atoms with Gasteiger partial charge in [0.25, 0.3) is 0 Å². The fourth-order valence-electron chi connectivity index (χ4n) is 0.501. The lowest BCUT2D eigenvalue weighted by atomic mass is 10.3. The maximum Gasteiger partial charge on any atom is 0.0352 e. The van der Waals surface area contributed by atoms with E-state index in [2.05, 4.69) is 4.98 Å². The normalized spacial score (nSPS) is 9.12. The molecule has 0 amide bonds. The van der Waals surface area contributed by atoms with E-state index in [1.165, 1.54) is 0 Å². The summed E-state index contributed by atoms with van der Waals surface area (Å²) < 4.78 is 0. The Kier molecular flexibility index (Phi) is 1.59. The van der Waals surface area contributed by atoms with Crippen molar-refractivity contribution in [3.8, 4) is 0 Å². The molecule has 0 fully saturated rings. The van der Waals surface area contributed by atoms with Crippen LogP contribution in [0.5, 0.6) is 0 Å². The first kappa shape index (κ1) is 5.25. The number of aromatic nitrogens is 1. The summed E-state index contributed by atoms with van der Waals surface area (Å²) in [6.45, 7) is 0.350. The van der Waals surface area contributed by atoms with Crippen molar-refractivity contribution in [3.05, 3.63) is 30.1 Å². The van der Waals surface area contributed by atoms with Crippen LogP contribution in [0.25, 0.3) is 0 Å². The average Bonchev–Trinajstić information content (AvgIpc) is 1.90. The summed E-state index contributed by atoms with van der Waals surface area (Å²) in [5, 5.41) is 0. The summed E-state index contributed by atoms with van der Waals surface area (Å²) in [6.07, 6.45) is 3.40. The molecule has 1 aromatic heterocycles. The fourth-order valence-corrected chi connectivity index (χ4v) is 0.501. The van der Waals surface area contributed by atoms with Gasteiger partial charge in [-0.2, -0.15) is 0 Å². The van der Waals surface area contributed by atoms with Gasteiger partial charge in [0.2, 0.25) is 0 Å². The third kappa shape index (κ3) is 1.04. The predicted molar refractivity (Wildman–Crippen MR) is 31.0 cm³/mol. The lowest BCUT2D eigenvalue weighted by molar-refractivity contribution is 1.02. The second-order valence-corrected chi connectivity index (χ2v) is 1.53. The van der Waals surface area contributed by atoms with Crippen LogP contribution >= 0.6 is 0 Å².